The summed E-state index contributed by atoms with van der Waals surface area (Å²) >= 11 is 7.39. The summed E-state index contributed by atoms with van der Waals surface area (Å²) in [6.45, 7) is 0. The van der Waals surface area contributed by atoms with Crippen molar-refractivity contribution in [1.82, 2.24) is 0 Å². The molecular formula is C12H9ClO2S. The van der Waals surface area contributed by atoms with Crippen LogP contribution in [0.5, 0.6) is 0 Å². The molecular weight excluding hydrogens is 244 g/mol. The summed E-state index contributed by atoms with van der Waals surface area (Å²) < 4.78 is 0.906. The van der Waals surface area contributed by atoms with Gasteiger partial charge >= 0.3 is 5.97 Å². The zero-order valence-electron chi connectivity index (χ0n) is 8.37. The van der Waals surface area contributed by atoms with E-state index in [0.717, 1.165) is 28.5 Å². The Morgan fingerprint density at radius 1 is 1.44 bits per heavy atom. The van der Waals surface area contributed by atoms with Crippen molar-refractivity contribution in [3.05, 3.63) is 33.7 Å². The summed E-state index contributed by atoms with van der Waals surface area (Å²) in [7, 11) is 0. The van der Waals surface area contributed by atoms with E-state index in [-0.39, 0.29) is 0 Å². The van der Waals surface area contributed by atoms with Crippen molar-refractivity contribution in [2.75, 3.05) is 0 Å². The van der Waals surface area contributed by atoms with Crippen LogP contribution in [0.4, 0.5) is 0 Å². The number of thiophene rings is 1. The van der Waals surface area contributed by atoms with Gasteiger partial charge in [0, 0.05) is 0 Å². The first-order chi connectivity index (χ1) is 7.68. The van der Waals surface area contributed by atoms with Gasteiger partial charge in [0.05, 0.1) is 9.72 Å². The number of carboxylic acids is 1. The molecule has 0 unspecified atom stereocenters. The van der Waals surface area contributed by atoms with E-state index in [2.05, 4.69) is 0 Å². The minimum Gasteiger partial charge on any atom is -0.477 e. The highest BCUT2D eigenvalue weighted by atomic mass is 35.5. The average Bonchev–Trinajstić information content (AvgIpc) is 2.99. The second kappa shape index (κ2) is 3.47. The molecule has 1 heterocycles. The first kappa shape index (κ1) is 10.1. The second-order valence-electron chi connectivity index (χ2n) is 4.04. The summed E-state index contributed by atoms with van der Waals surface area (Å²) in [5, 5.41) is 10.9. The number of rotatable bonds is 2. The molecule has 1 aromatic heterocycles. The van der Waals surface area contributed by atoms with Gasteiger partial charge in [0.15, 0.2) is 0 Å². The highest BCUT2D eigenvalue weighted by Crippen LogP contribution is 2.49. The third-order valence-electron chi connectivity index (χ3n) is 2.89. The molecule has 2 aromatic rings. The Morgan fingerprint density at radius 2 is 2.19 bits per heavy atom. The standard InChI is InChI=1S/C12H9ClO2S/c13-8-3-1-2-7-9(6-4-5-6)11(12(14)15)16-10(7)8/h1-3,6H,4-5H2,(H,14,15). The van der Waals surface area contributed by atoms with Crippen molar-refractivity contribution in [2.45, 2.75) is 18.8 Å². The van der Waals surface area contributed by atoms with Crippen LogP contribution in [0.3, 0.4) is 0 Å². The predicted molar refractivity (Wildman–Crippen MR) is 65.8 cm³/mol. The lowest BCUT2D eigenvalue weighted by Gasteiger charge is -1.98. The van der Waals surface area contributed by atoms with Gasteiger partial charge in [-0.05, 0) is 35.8 Å². The van der Waals surface area contributed by atoms with Crippen LogP contribution >= 0.6 is 22.9 Å². The van der Waals surface area contributed by atoms with Gasteiger partial charge in [0.25, 0.3) is 0 Å². The van der Waals surface area contributed by atoms with Crippen LogP contribution in [0.2, 0.25) is 5.02 Å². The fourth-order valence-electron chi connectivity index (χ4n) is 2.04. The normalized spacial score (nSPS) is 15.6. The number of hydrogen-bond acceptors (Lipinski definition) is 2. The van der Waals surface area contributed by atoms with Crippen molar-refractivity contribution < 1.29 is 9.90 Å². The summed E-state index contributed by atoms with van der Waals surface area (Å²) in [5.74, 6) is -0.405. The monoisotopic (exact) mass is 252 g/mol. The molecule has 0 bridgehead atoms. The van der Waals surface area contributed by atoms with Crippen LogP contribution in [0.15, 0.2) is 18.2 Å². The van der Waals surface area contributed by atoms with E-state index in [1.807, 2.05) is 18.2 Å². The summed E-state index contributed by atoms with van der Waals surface area (Å²) in [6, 6.07) is 5.66. The maximum atomic E-state index is 11.2. The largest absolute Gasteiger partial charge is 0.477 e. The van der Waals surface area contributed by atoms with E-state index in [4.69, 9.17) is 11.6 Å². The molecule has 1 N–H and O–H groups in total. The Hall–Kier alpha value is -1.06. The molecule has 2 nitrogen and oxygen atoms in total. The van der Waals surface area contributed by atoms with Gasteiger partial charge in [-0.1, -0.05) is 23.7 Å². The van der Waals surface area contributed by atoms with Gasteiger partial charge in [0.1, 0.15) is 4.88 Å². The lowest BCUT2D eigenvalue weighted by Crippen LogP contribution is -1.96. The second-order valence-corrected chi connectivity index (χ2v) is 5.47. The third kappa shape index (κ3) is 1.43. The van der Waals surface area contributed by atoms with E-state index in [9.17, 15) is 9.90 Å². The molecule has 1 fully saturated rings. The molecule has 16 heavy (non-hydrogen) atoms. The summed E-state index contributed by atoms with van der Waals surface area (Å²) in [5.41, 5.74) is 0.995. The number of carboxylic acid groups (broad SMARTS) is 1. The molecule has 1 aliphatic carbocycles. The minimum absolute atomic E-state index is 0.429. The number of aromatic carboxylic acids is 1. The topological polar surface area (TPSA) is 37.3 Å². The summed E-state index contributed by atoms with van der Waals surface area (Å²) in [6.07, 6.45) is 2.19. The first-order valence-electron chi connectivity index (χ1n) is 5.12. The zero-order chi connectivity index (χ0) is 11.3. The molecule has 0 radical (unpaired) electrons. The lowest BCUT2D eigenvalue weighted by atomic mass is 10.1. The van der Waals surface area contributed by atoms with Gasteiger partial charge < -0.3 is 5.11 Å². The zero-order valence-corrected chi connectivity index (χ0v) is 9.94. The Kier molecular flexibility index (Phi) is 2.19. The Balaban J connectivity index is 2.37. The molecule has 1 aliphatic rings. The summed E-state index contributed by atoms with van der Waals surface area (Å²) in [4.78, 5) is 11.7. The van der Waals surface area contributed by atoms with Crippen LogP contribution in [-0.2, 0) is 0 Å². The quantitative estimate of drug-likeness (QED) is 0.873. The number of carbonyl (C=O) groups is 1. The highest BCUT2D eigenvalue weighted by Gasteiger charge is 2.32. The van der Waals surface area contributed by atoms with Crippen molar-refractivity contribution in [3.63, 3.8) is 0 Å². The molecule has 82 valence electrons. The molecule has 1 aromatic carbocycles. The first-order valence-corrected chi connectivity index (χ1v) is 6.32. The van der Waals surface area contributed by atoms with Crippen LogP contribution in [0.1, 0.15) is 34.0 Å². The van der Waals surface area contributed by atoms with Gasteiger partial charge in [0.2, 0.25) is 0 Å². The predicted octanol–water partition coefficient (Wildman–Crippen LogP) is 4.13. The van der Waals surface area contributed by atoms with Gasteiger partial charge in [-0.2, -0.15) is 0 Å². The molecule has 0 amide bonds. The Morgan fingerprint density at radius 3 is 2.81 bits per heavy atom. The molecule has 0 spiro atoms. The Bertz CT molecular complexity index is 584. The van der Waals surface area contributed by atoms with Crippen LogP contribution < -0.4 is 0 Å². The van der Waals surface area contributed by atoms with Crippen LogP contribution in [0, 0.1) is 0 Å². The van der Waals surface area contributed by atoms with Crippen molar-refractivity contribution in [1.29, 1.82) is 0 Å². The molecule has 3 rings (SSSR count). The number of halogens is 1. The molecule has 4 heteroatoms. The van der Waals surface area contributed by atoms with E-state index in [1.54, 1.807) is 0 Å². The maximum absolute atomic E-state index is 11.2. The number of fused-ring (bicyclic) bond motifs is 1. The fraction of sp³-hybridized carbons (Fsp3) is 0.250. The molecule has 1 saturated carbocycles. The molecule has 0 aliphatic heterocycles. The van der Waals surface area contributed by atoms with Crippen LogP contribution in [-0.4, -0.2) is 11.1 Å². The molecule has 0 saturated heterocycles. The van der Waals surface area contributed by atoms with E-state index >= 15 is 0 Å². The van der Waals surface area contributed by atoms with Gasteiger partial charge in [-0.3, -0.25) is 0 Å². The maximum Gasteiger partial charge on any atom is 0.346 e. The molecule has 0 atom stereocenters. The third-order valence-corrected chi connectivity index (χ3v) is 4.56. The van der Waals surface area contributed by atoms with Gasteiger partial charge in [-0.15, -0.1) is 11.3 Å². The fourth-order valence-corrected chi connectivity index (χ4v) is 3.46. The van der Waals surface area contributed by atoms with Crippen molar-refractivity contribution in [3.8, 4) is 0 Å². The van der Waals surface area contributed by atoms with E-state index in [1.165, 1.54) is 11.3 Å². The van der Waals surface area contributed by atoms with E-state index in [0.29, 0.717) is 15.8 Å². The van der Waals surface area contributed by atoms with Crippen LogP contribution in [0.25, 0.3) is 10.1 Å². The number of benzene rings is 1. The average molecular weight is 253 g/mol. The highest BCUT2D eigenvalue weighted by molar-refractivity contribution is 7.21. The van der Waals surface area contributed by atoms with E-state index < -0.39 is 5.97 Å². The number of hydrogen-bond donors (Lipinski definition) is 1. The van der Waals surface area contributed by atoms with Crippen molar-refractivity contribution >= 4 is 39.0 Å². The SMILES string of the molecule is O=C(O)c1sc2c(Cl)cccc2c1C1CC1. The lowest BCUT2D eigenvalue weighted by molar-refractivity contribution is 0.0701. The minimum atomic E-state index is -0.834. The van der Waals surface area contributed by atoms with Gasteiger partial charge in [-0.25, -0.2) is 4.79 Å². The smallest absolute Gasteiger partial charge is 0.346 e. The Labute approximate surface area is 101 Å². The van der Waals surface area contributed by atoms with Crippen molar-refractivity contribution in [2.24, 2.45) is 0 Å².